The van der Waals surface area contributed by atoms with Crippen molar-refractivity contribution in [3.63, 3.8) is 0 Å². The van der Waals surface area contributed by atoms with Crippen molar-refractivity contribution in [1.29, 1.82) is 0 Å². The maximum absolute atomic E-state index is 11.7. The molecule has 5 heteroatoms. The van der Waals surface area contributed by atoms with Gasteiger partial charge in [0.2, 0.25) is 0 Å². The summed E-state index contributed by atoms with van der Waals surface area (Å²) in [5, 5.41) is 9.52. The molecule has 0 aromatic rings. The number of hydrogen-bond acceptors (Lipinski definition) is 5. The Labute approximate surface area is 94.7 Å². The van der Waals surface area contributed by atoms with E-state index < -0.39 is 17.6 Å². The molecule has 4 atom stereocenters. The van der Waals surface area contributed by atoms with Crippen LogP contribution in [0, 0.1) is 5.41 Å². The first-order valence-corrected chi connectivity index (χ1v) is 5.52. The molecule has 2 rings (SSSR count). The maximum atomic E-state index is 11.7. The van der Waals surface area contributed by atoms with Gasteiger partial charge in [-0.25, -0.2) is 0 Å². The molecule has 2 aliphatic rings. The lowest BCUT2D eigenvalue weighted by molar-refractivity contribution is -0.163. The van der Waals surface area contributed by atoms with Crippen LogP contribution in [-0.2, 0) is 19.0 Å². The summed E-state index contributed by atoms with van der Waals surface area (Å²) in [6.45, 7) is 5.94. The summed E-state index contributed by atoms with van der Waals surface area (Å²) >= 11 is 0. The molecular weight excluding hydrogens is 212 g/mol. The van der Waals surface area contributed by atoms with Gasteiger partial charge >= 0.3 is 5.97 Å². The van der Waals surface area contributed by atoms with E-state index in [1.807, 2.05) is 0 Å². The van der Waals surface area contributed by atoms with Crippen molar-refractivity contribution < 1.29 is 24.1 Å². The predicted octanol–water partition coefficient (Wildman–Crippen LogP) is 0.103. The number of aliphatic hydroxyl groups excluding tert-OH is 1. The van der Waals surface area contributed by atoms with Gasteiger partial charge in [0.1, 0.15) is 18.3 Å². The molecule has 5 nitrogen and oxygen atoms in total. The van der Waals surface area contributed by atoms with E-state index in [0.717, 1.165) is 0 Å². The highest BCUT2D eigenvalue weighted by Gasteiger charge is 2.49. The van der Waals surface area contributed by atoms with Crippen molar-refractivity contribution in [2.75, 3.05) is 13.2 Å². The number of rotatable bonds is 1. The third-order valence-corrected chi connectivity index (χ3v) is 2.85. The monoisotopic (exact) mass is 230 g/mol. The number of aliphatic hydroxyl groups is 1. The normalized spacial score (nSPS) is 38.5. The van der Waals surface area contributed by atoms with Gasteiger partial charge in [0, 0.05) is 0 Å². The Kier molecular flexibility index (Phi) is 2.94. The van der Waals surface area contributed by atoms with Gasteiger partial charge in [-0.05, 0) is 20.8 Å². The van der Waals surface area contributed by atoms with Crippen LogP contribution in [0.15, 0.2) is 0 Å². The number of carbonyl (C=O) groups excluding carboxylic acids is 1. The van der Waals surface area contributed by atoms with Crippen molar-refractivity contribution in [2.45, 2.75) is 45.2 Å². The summed E-state index contributed by atoms with van der Waals surface area (Å²) in [4.78, 5) is 11.7. The molecule has 2 fully saturated rings. The zero-order chi connectivity index (χ0) is 11.9. The van der Waals surface area contributed by atoms with Crippen molar-refractivity contribution in [3.8, 4) is 0 Å². The van der Waals surface area contributed by atoms with E-state index in [9.17, 15) is 9.90 Å². The minimum Gasteiger partial charge on any atom is -0.457 e. The fourth-order valence-corrected chi connectivity index (χ4v) is 1.86. The van der Waals surface area contributed by atoms with Gasteiger partial charge in [-0.2, -0.15) is 0 Å². The zero-order valence-electron chi connectivity index (χ0n) is 9.80. The molecule has 0 amide bonds. The number of esters is 1. The lowest BCUT2D eigenvalue weighted by Gasteiger charge is -2.22. The minimum absolute atomic E-state index is 0.249. The Balaban J connectivity index is 1.95. The lowest BCUT2D eigenvalue weighted by Crippen LogP contribution is -2.37. The standard InChI is InChI=1S/C11H18O5/c1-11(2,3)10(13)16-7-5-15-8-6(12)4-14-9(7)8/h6-9,12H,4-5H2,1-3H3/t6?,7-,8?,9?/m1/s1. The molecule has 16 heavy (non-hydrogen) atoms. The van der Waals surface area contributed by atoms with Crippen molar-refractivity contribution in [2.24, 2.45) is 5.41 Å². The first kappa shape index (κ1) is 11.8. The van der Waals surface area contributed by atoms with E-state index in [4.69, 9.17) is 14.2 Å². The molecule has 92 valence electrons. The average molecular weight is 230 g/mol. The van der Waals surface area contributed by atoms with Crippen LogP contribution in [0.25, 0.3) is 0 Å². The summed E-state index contributed by atoms with van der Waals surface area (Å²) in [7, 11) is 0. The van der Waals surface area contributed by atoms with E-state index in [0.29, 0.717) is 6.61 Å². The van der Waals surface area contributed by atoms with Gasteiger partial charge in [0.05, 0.1) is 18.6 Å². The van der Waals surface area contributed by atoms with Crippen LogP contribution < -0.4 is 0 Å². The van der Waals surface area contributed by atoms with Gasteiger partial charge in [-0.3, -0.25) is 4.79 Å². The predicted molar refractivity (Wildman–Crippen MR) is 54.8 cm³/mol. The minimum atomic E-state index is -0.608. The van der Waals surface area contributed by atoms with E-state index >= 15 is 0 Å². The Morgan fingerprint density at radius 1 is 1.25 bits per heavy atom. The van der Waals surface area contributed by atoms with E-state index in [1.54, 1.807) is 20.8 Å². The summed E-state index contributed by atoms with van der Waals surface area (Å²) < 4.78 is 16.1. The first-order chi connectivity index (χ1) is 7.39. The van der Waals surface area contributed by atoms with E-state index in [2.05, 4.69) is 0 Å². The molecule has 0 radical (unpaired) electrons. The summed E-state index contributed by atoms with van der Waals surface area (Å²) in [5.74, 6) is -0.272. The lowest BCUT2D eigenvalue weighted by atomic mass is 9.97. The molecule has 2 heterocycles. The molecule has 1 N–H and O–H groups in total. The third-order valence-electron chi connectivity index (χ3n) is 2.85. The average Bonchev–Trinajstić information content (AvgIpc) is 2.70. The molecule has 2 aliphatic heterocycles. The summed E-state index contributed by atoms with van der Waals surface area (Å²) in [5.41, 5.74) is -0.532. The fourth-order valence-electron chi connectivity index (χ4n) is 1.86. The molecular formula is C11H18O5. The smallest absolute Gasteiger partial charge is 0.311 e. The Hall–Kier alpha value is -0.650. The molecule has 0 aromatic carbocycles. The van der Waals surface area contributed by atoms with Gasteiger partial charge in [-0.15, -0.1) is 0 Å². The molecule has 0 saturated carbocycles. The van der Waals surface area contributed by atoms with Crippen LogP contribution in [0.3, 0.4) is 0 Å². The maximum Gasteiger partial charge on any atom is 0.311 e. The Morgan fingerprint density at radius 2 is 1.88 bits per heavy atom. The Morgan fingerprint density at radius 3 is 2.50 bits per heavy atom. The molecule has 3 unspecified atom stereocenters. The number of fused-ring (bicyclic) bond motifs is 1. The SMILES string of the molecule is CC(C)(C)C(=O)O[C@@H]1COC2C(O)COC21. The van der Waals surface area contributed by atoms with Crippen LogP contribution in [0.4, 0.5) is 0 Å². The van der Waals surface area contributed by atoms with Gasteiger partial charge in [0.25, 0.3) is 0 Å². The first-order valence-electron chi connectivity index (χ1n) is 5.52. The topological polar surface area (TPSA) is 65.0 Å². The summed E-state index contributed by atoms with van der Waals surface area (Å²) in [6.07, 6.45) is -1.67. The highest BCUT2D eigenvalue weighted by atomic mass is 16.6. The van der Waals surface area contributed by atoms with Crippen molar-refractivity contribution in [3.05, 3.63) is 0 Å². The number of ether oxygens (including phenoxy) is 3. The largest absolute Gasteiger partial charge is 0.457 e. The second-order valence-corrected chi connectivity index (χ2v) is 5.36. The third kappa shape index (κ3) is 2.07. The van der Waals surface area contributed by atoms with Gasteiger partial charge in [0.15, 0.2) is 6.10 Å². The van der Waals surface area contributed by atoms with Crippen molar-refractivity contribution >= 4 is 5.97 Å². The van der Waals surface area contributed by atoms with E-state index in [1.165, 1.54) is 0 Å². The van der Waals surface area contributed by atoms with Crippen LogP contribution in [0.2, 0.25) is 0 Å². The van der Waals surface area contributed by atoms with Crippen LogP contribution in [0.1, 0.15) is 20.8 Å². The number of hydrogen-bond donors (Lipinski definition) is 1. The zero-order valence-corrected chi connectivity index (χ0v) is 9.80. The highest BCUT2D eigenvalue weighted by Crippen LogP contribution is 2.30. The fraction of sp³-hybridized carbons (Fsp3) is 0.909. The molecule has 2 saturated heterocycles. The molecule has 0 spiro atoms. The van der Waals surface area contributed by atoms with Crippen molar-refractivity contribution in [1.82, 2.24) is 0 Å². The van der Waals surface area contributed by atoms with Gasteiger partial charge in [-0.1, -0.05) is 0 Å². The molecule has 0 aromatic heterocycles. The van der Waals surface area contributed by atoms with Crippen LogP contribution >= 0.6 is 0 Å². The van der Waals surface area contributed by atoms with Crippen LogP contribution in [0.5, 0.6) is 0 Å². The summed E-state index contributed by atoms with van der Waals surface area (Å²) in [6, 6.07) is 0. The van der Waals surface area contributed by atoms with Crippen LogP contribution in [-0.4, -0.2) is 48.7 Å². The van der Waals surface area contributed by atoms with E-state index in [-0.39, 0.29) is 24.8 Å². The second-order valence-electron chi connectivity index (χ2n) is 5.36. The van der Waals surface area contributed by atoms with Gasteiger partial charge < -0.3 is 19.3 Å². The second kappa shape index (κ2) is 3.98. The number of carbonyl (C=O) groups is 1. The molecule has 0 bridgehead atoms. The Bertz CT molecular complexity index is 283. The molecule has 0 aliphatic carbocycles. The quantitative estimate of drug-likeness (QED) is 0.647. The highest BCUT2D eigenvalue weighted by molar-refractivity contribution is 5.75.